The lowest BCUT2D eigenvalue weighted by Crippen LogP contribution is -2.12. The normalized spacial score (nSPS) is 10.5. The number of carbonyl (C=O) groups is 1. The first-order valence-electron chi connectivity index (χ1n) is 5.82. The van der Waals surface area contributed by atoms with Gasteiger partial charge in [-0.2, -0.15) is 0 Å². The van der Waals surface area contributed by atoms with Gasteiger partial charge in [0.2, 0.25) is 5.91 Å². The van der Waals surface area contributed by atoms with Gasteiger partial charge >= 0.3 is 0 Å². The Kier molecular flexibility index (Phi) is 5.22. The van der Waals surface area contributed by atoms with E-state index in [4.69, 9.17) is 17.3 Å². The molecule has 3 N–H and O–H groups in total. The van der Waals surface area contributed by atoms with Gasteiger partial charge in [0.1, 0.15) is 5.01 Å². The van der Waals surface area contributed by atoms with Crippen molar-refractivity contribution in [2.24, 2.45) is 0 Å². The number of carbonyl (C=O) groups excluding carboxylic acids is 1. The molecule has 2 rings (SSSR count). The number of nitrogens with one attached hydrogen (secondary N) is 1. The van der Waals surface area contributed by atoms with Gasteiger partial charge in [-0.3, -0.25) is 4.79 Å². The molecule has 0 radical (unpaired) electrons. The largest absolute Gasteiger partial charge is 0.397 e. The maximum atomic E-state index is 11.8. The summed E-state index contributed by atoms with van der Waals surface area (Å²) in [6.45, 7) is 1.90. The van der Waals surface area contributed by atoms with Crippen molar-refractivity contribution >= 4 is 52.0 Å². The number of benzene rings is 1. The van der Waals surface area contributed by atoms with Crippen molar-refractivity contribution in [1.82, 2.24) is 10.2 Å². The van der Waals surface area contributed by atoms with Gasteiger partial charge in [0.05, 0.1) is 10.7 Å². The second-order valence-electron chi connectivity index (χ2n) is 3.97. The van der Waals surface area contributed by atoms with E-state index < -0.39 is 0 Å². The average Bonchev–Trinajstić information content (AvgIpc) is 2.80. The summed E-state index contributed by atoms with van der Waals surface area (Å²) in [7, 11) is 0. The zero-order valence-corrected chi connectivity index (χ0v) is 13.1. The van der Waals surface area contributed by atoms with E-state index in [-0.39, 0.29) is 5.91 Å². The molecule has 1 aromatic carbocycles. The monoisotopic (exact) mass is 328 g/mol. The second-order valence-corrected chi connectivity index (χ2v) is 6.90. The molecule has 2 aromatic rings. The van der Waals surface area contributed by atoms with Gasteiger partial charge in [-0.1, -0.05) is 34.7 Å². The van der Waals surface area contributed by atoms with Gasteiger partial charge < -0.3 is 11.1 Å². The van der Waals surface area contributed by atoms with Gasteiger partial charge in [-0.05, 0) is 25.1 Å². The summed E-state index contributed by atoms with van der Waals surface area (Å²) in [6, 6.07) is 5.02. The Morgan fingerprint density at radius 1 is 1.50 bits per heavy atom. The Balaban J connectivity index is 1.79. The first-order valence-corrected chi connectivity index (χ1v) is 8.00. The fourth-order valence-electron chi connectivity index (χ4n) is 1.41. The first-order chi connectivity index (χ1) is 9.54. The van der Waals surface area contributed by atoms with Crippen LogP contribution in [0.5, 0.6) is 0 Å². The minimum atomic E-state index is -0.0690. The molecule has 8 heteroatoms. The summed E-state index contributed by atoms with van der Waals surface area (Å²) >= 11 is 8.87. The Bertz CT molecular complexity index is 617. The highest BCUT2D eigenvalue weighted by molar-refractivity contribution is 8.01. The molecular formula is C12H13ClN4OS2. The smallest absolute Gasteiger partial charge is 0.225 e. The van der Waals surface area contributed by atoms with Crippen LogP contribution in [0.3, 0.4) is 0 Å². The number of nitrogen functional groups attached to an aromatic ring is 1. The molecule has 1 amide bonds. The summed E-state index contributed by atoms with van der Waals surface area (Å²) in [4.78, 5) is 11.8. The lowest BCUT2D eigenvalue weighted by molar-refractivity contribution is -0.115. The van der Waals surface area contributed by atoms with E-state index in [0.29, 0.717) is 28.6 Å². The van der Waals surface area contributed by atoms with Crippen molar-refractivity contribution in [3.05, 3.63) is 28.2 Å². The quantitative estimate of drug-likeness (QED) is 0.650. The number of hydrogen-bond donors (Lipinski definition) is 2. The van der Waals surface area contributed by atoms with Crippen LogP contribution in [0.15, 0.2) is 22.5 Å². The van der Waals surface area contributed by atoms with Gasteiger partial charge in [0.25, 0.3) is 0 Å². The molecule has 0 bridgehead atoms. The summed E-state index contributed by atoms with van der Waals surface area (Å²) in [5.74, 6) is 0.587. The standard InChI is InChI=1S/C12H13ClN4OS2/c1-7-16-17-12(20-7)19-5-4-11(18)15-8-2-3-9(13)10(14)6-8/h2-3,6H,4-5,14H2,1H3,(H,15,18). The molecule has 20 heavy (non-hydrogen) atoms. The van der Waals surface area contributed by atoms with E-state index in [0.717, 1.165) is 9.35 Å². The highest BCUT2D eigenvalue weighted by Gasteiger charge is 2.06. The Labute approximate surface area is 129 Å². The SMILES string of the molecule is Cc1nnc(SCCC(=O)Nc2ccc(Cl)c(N)c2)s1. The molecule has 0 saturated carbocycles. The van der Waals surface area contributed by atoms with Crippen LogP contribution >= 0.6 is 34.7 Å². The maximum Gasteiger partial charge on any atom is 0.225 e. The molecule has 5 nitrogen and oxygen atoms in total. The molecule has 0 spiro atoms. The zero-order chi connectivity index (χ0) is 14.5. The van der Waals surface area contributed by atoms with Crippen LogP contribution in [0, 0.1) is 6.92 Å². The molecular weight excluding hydrogens is 316 g/mol. The van der Waals surface area contributed by atoms with Crippen LogP contribution in [-0.2, 0) is 4.79 Å². The molecule has 0 aliphatic carbocycles. The van der Waals surface area contributed by atoms with E-state index in [1.165, 1.54) is 23.1 Å². The Morgan fingerprint density at radius 2 is 2.30 bits per heavy atom. The number of nitrogens with zero attached hydrogens (tertiary/aromatic N) is 2. The molecule has 0 atom stereocenters. The van der Waals surface area contributed by atoms with Gasteiger partial charge in [0, 0.05) is 17.9 Å². The molecule has 0 fully saturated rings. The number of anilines is 2. The fourth-order valence-corrected chi connectivity index (χ4v) is 3.35. The molecule has 0 saturated heterocycles. The number of nitrogens with two attached hydrogens (primary N) is 1. The van der Waals surface area contributed by atoms with Crippen LogP contribution in [0.4, 0.5) is 11.4 Å². The maximum absolute atomic E-state index is 11.8. The van der Waals surface area contributed by atoms with E-state index in [1.54, 1.807) is 18.2 Å². The van der Waals surface area contributed by atoms with Crippen LogP contribution < -0.4 is 11.1 Å². The van der Waals surface area contributed by atoms with E-state index >= 15 is 0 Å². The van der Waals surface area contributed by atoms with Crippen LogP contribution in [-0.4, -0.2) is 21.9 Å². The lowest BCUT2D eigenvalue weighted by atomic mass is 10.2. The third-order valence-corrected chi connectivity index (χ3v) is 4.66. The average molecular weight is 329 g/mol. The second kappa shape index (κ2) is 6.92. The molecule has 1 heterocycles. The number of hydrogen-bond acceptors (Lipinski definition) is 6. The molecule has 106 valence electrons. The minimum absolute atomic E-state index is 0.0690. The fraction of sp³-hybridized carbons (Fsp3) is 0.250. The van der Waals surface area contributed by atoms with Gasteiger partial charge in [-0.15, -0.1) is 10.2 Å². The highest BCUT2D eigenvalue weighted by atomic mass is 35.5. The summed E-state index contributed by atoms with van der Waals surface area (Å²) in [5, 5.41) is 12.1. The van der Waals surface area contributed by atoms with Crippen molar-refractivity contribution < 1.29 is 4.79 Å². The number of thioether (sulfide) groups is 1. The number of halogens is 1. The predicted molar refractivity (Wildman–Crippen MR) is 84.5 cm³/mol. The van der Waals surface area contributed by atoms with Crippen molar-refractivity contribution in [2.75, 3.05) is 16.8 Å². The number of amides is 1. The van der Waals surface area contributed by atoms with Crippen molar-refractivity contribution in [1.29, 1.82) is 0 Å². The molecule has 1 aromatic heterocycles. The van der Waals surface area contributed by atoms with Crippen molar-refractivity contribution in [3.8, 4) is 0 Å². The van der Waals surface area contributed by atoms with Crippen LogP contribution in [0.25, 0.3) is 0 Å². The van der Waals surface area contributed by atoms with E-state index in [9.17, 15) is 4.79 Å². The van der Waals surface area contributed by atoms with Crippen molar-refractivity contribution in [2.45, 2.75) is 17.7 Å². The van der Waals surface area contributed by atoms with Crippen LogP contribution in [0.2, 0.25) is 5.02 Å². The topological polar surface area (TPSA) is 80.9 Å². The number of aromatic nitrogens is 2. The Hall–Kier alpha value is -1.31. The van der Waals surface area contributed by atoms with Gasteiger partial charge in [0.15, 0.2) is 4.34 Å². The third kappa shape index (κ3) is 4.36. The molecule has 0 aliphatic heterocycles. The predicted octanol–water partition coefficient (Wildman–Crippen LogP) is 3.20. The van der Waals surface area contributed by atoms with Crippen LogP contribution in [0.1, 0.15) is 11.4 Å². The Morgan fingerprint density at radius 3 is 2.95 bits per heavy atom. The third-order valence-electron chi connectivity index (χ3n) is 2.34. The number of rotatable bonds is 5. The van der Waals surface area contributed by atoms with Crippen molar-refractivity contribution in [3.63, 3.8) is 0 Å². The van der Waals surface area contributed by atoms with E-state index in [1.807, 2.05) is 6.92 Å². The minimum Gasteiger partial charge on any atom is -0.397 e. The number of aryl methyl sites for hydroxylation is 1. The zero-order valence-electron chi connectivity index (χ0n) is 10.7. The summed E-state index contributed by atoms with van der Waals surface area (Å²) in [6.07, 6.45) is 0.395. The summed E-state index contributed by atoms with van der Waals surface area (Å²) in [5.41, 5.74) is 6.77. The van der Waals surface area contributed by atoms with Gasteiger partial charge in [-0.25, -0.2) is 0 Å². The van der Waals surface area contributed by atoms with E-state index in [2.05, 4.69) is 15.5 Å². The highest BCUT2D eigenvalue weighted by Crippen LogP contribution is 2.24. The lowest BCUT2D eigenvalue weighted by Gasteiger charge is -2.06. The molecule has 0 unspecified atom stereocenters. The summed E-state index contributed by atoms with van der Waals surface area (Å²) < 4.78 is 0.881. The first kappa shape index (κ1) is 15.1. The molecule has 0 aliphatic rings.